The van der Waals surface area contributed by atoms with Crippen LogP contribution in [0, 0.1) is 0 Å². The first-order valence-electron chi connectivity index (χ1n) is 7.46. The fraction of sp³-hybridized carbons (Fsp3) is 0.533. The van der Waals surface area contributed by atoms with Crippen molar-refractivity contribution in [3.8, 4) is 0 Å². The van der Waals surface area contributed by atoms with Crippen LogP contribution in [0.3, 0.4) is 0 Å². The molecule has 0 aromatic heterocycles. The summed E-state index contributed by atoms with van der Waals surface area (Å²) < 4.78 is 0. The van der Waals surface area contributed by atoms with Crippen LogP contribution in [-0.4, -0.2) is 55.4 Å². The van der Waals surface area contributed by atoms with Crippen LogP contribution in [0.5, 0.6) is 0 Å². The van der Waals surface area contributed by atoms with E-state index in [2.05, 4.69) is 15.1 Å². The van der Waals surface area contributed by atoms with Gasteiger partial charge >= 0.3 is 6.09 Å². The van der Waals surface area contributed by atoms with E-state index >= 15 is 0 Å². The second-order valence-electron chi connectivity index (χ2n) is 5.34. The quantitative estimate of drug-likeness (QED) is 0.738. The molecule has 0 unspecified atom stereocenters. The van der Waals surface area contributed by atoms with Crippen LogP contribution in [0.25, 0.3) is 0 Å². The molecule has 23 heavy (non-hydrogen) atoms. The summed E-state index contributed by atoms with van der Waals surface area (Å²) >= 11 is 12.3. The minimum atomic E-state index is -0.952. The largest absolute Gasteiger partial charge is 0.465 e. The van der Waals surface area contributed by atoms with Crippen LogP contribution in [0.4, 0.5) is 10.5 Å². The Morgan fingerprint density at radius 3 is 2.52 bits per heavy atom. The highest BCUT2D eigenvalue weighted by molar-refractivity contribution is 6.43. The molecule has 2 rings (SSSR count). The topological polar surface area (TPSA) is 55.8 Å². The zero-order valence-electron chi connectivity index (χ0n) is 12.8. The third-order valence-electron chi connectivity index (χ3n) is 3.82. The second kappa shape index (κ2) is 10.1. The molecule has 0 radical (unpaired) electrons. The summed E-state index contributed by atoms with van der Waals surface area (Å²) in [5.41, 5.74) is 1.000. The lowest BCUT2D eigenvalue weighted by Crippen LogP contribution is -2.46. The summed E-state index contributed by atoms with van der Waals surface area (Å²) in [7, 11) is 0. The smallest absolute Gasteiger partial charge is 0.404 e. The highest BCUT2D eigenvalue weighted by Gasteiger charge is 2.19. The maximum Gasteiger partial charge on any atom is 0.404 e. The van der Waals surface area contributed by atoms with Gasteiger partial charge in [-0.3, -0.25) is 4.90 Å². The van der Waals surface area contributed by atoms with Crippen molar-refractivity contribution in [1.29, 1.82) is 0 Å². The van der Waals surface area contributed by atoms with Gasteiger partial charge in [0.25, 0.3) is 0 Å². The van der Waals surface area contributed by atoms with Crippen LogP contribution < -0.4 is 10.2 Å². The Balaban J connectivity index is 0.00000264. The molecule has 2 N–H and O–H groups in total. The fourth-order valence-electron chi connectivity index (χ4n) is 2.60. The van der Waals surface area contributed by atoms with Gasteiger partial charge in [0.05, 0.1) is 15.7 Å². The lowest BCUT2D eigenvalue weighted by molar-refractivity contribution is 0.193. The van der Waals surface area contributed by atoms with E-state index in [0.29, 0.717) is 16.6 Å². The maximum absolute atomic E-state index is 10.3. The summed E-state index contributed by atoms with van der Waals surface area (Å²) in [4.78, 5) is 15.0. The lowest BCUT2D eigenvalue weighted by atomic mass is 10.2. The molecule has 0 aliphatic carbocycles. The Kier molecular flexibility index (Phi) is 8.84. The third kappa shape index (κ3) is 6.26. The Bertz CT molecular complexity index is 509. The summed E-state index contributed by atoms with van der Waals surface area (Å²) in [5.74, 6) is 0. The molecule has 5 nitrogen and oxygen atoms in total. The van der Waals surface area contributed by atoms with Gasteiger partial charge < -0.3 is 15.3 Å². The fourth-order valence-corrected chi connectivity index (χ4v) is 3.02. The second-order valence-corrected chi connectivity index (χ2v) is 6.13. The monoisotopic (exact) mass is 381 g/mol. The normalized spacial score (nSPS) is 15.1. The minimum Gasteiger partial charge on any atom is -0.465 e. The molecule has 1 saturated heterocycles. The van der Waals surface area contributed by atoms with Crippen molar-refractivity contribution in [2.24, 2.45) is 0 Å². The van der Waals surface area contributed by atoms with Gasteiger partial charge in [-0.25, -0.2) is 4.79 Å². The van der Waals surface area contributed by atoms with E-state index in [-0.39, 0.29) is 12.4 Å². The third-order valence-corrected chi connectivity index (χ3v) is 4.63. The lowest BCUT2D eigenvalue weighted by Gasteiger charge is -2.36. The summed E-state index contributed by atoms with van der Waals surface area (Å²) in [6.07, 6.45) is 0.914. The maximum atomic E-state index is 10.3. The zero-order valence-corrected chi connectivity index (χ0v) is 15.1. The molecular weight excluding hydrogens is 361 g/mol. The van der Waals surface area contributed by atoms with E-state index in [9.17, 15) is 4.79 Å². The zero-order chi connectivity index (χ0) is 15.9. The number of hydrogen-bond acceptors (Lipinski definition) is 3. The van der Waals surface area contributed by atoms with E-state index in [4.69, 9.17) is 28.3 Å². The number of unbranched alkanes of at least 4 members (excludes halogenated alkanes) is 1. The molecular formula is C15H22Cl3N3O2. The van der Waals surface area contributed by atoms with Gasteiger partial charge in [-0.15, -0.1) is 12.4 Å². The van der Waals surface area contributed by atoms with Crippen molar-refractivity contribution >= 4 is 47.4 Å². The molecule has 1 fully saturated rings. The van der Waals surface area contributed by atoms with Crippen molar-refractivity contribution in [2.75, 3.05) is 44.2 Å². The van der Waals surface area contributed by atoms with Crippen LogP contribution >= 0.6 is 35.6 Å². The minimum absolute atomic E-state index is 0. The first-order valence-corrected chi connectivity index (χ1v) is 8.21. The number of carbonyl (C=O) groups is 1. The predicted octanol–water partition coefficient (Wildman–Crippen LogP) is 3.59. The van der Waals surface area contributed by atoms with Crippen LogP contribution in [0.2, 0.25) is 10.0 Å². The van der Waals surface area contributed by atoms with Crippen molar-refractivity contribution in [2.45, 2.75) is 12.8 Å². The molecule has 1 aliphatic heterocycles. The highest BCUT2D eigenvalue weighted by atomic mass is 35.5. The number of amides is 1. The van der Waals surface area contributed by atoms with Gasteiger partial charge in [0, 0.05) is 32.7 Å². The van der Waals surface area contributed by atoms with Crippen LogP contribution in [0.1, 0.15) is 12.8 Å². The molecule has 1 aliphatic rings. The van der Waals surface area contributed by atoms with Crippen molar-refractivity contribution < 1.29 is 9.90 Å². The Morgan fingerprint density at radius 1 is 1.17 bits per heavy atom. The van der Waals surface area contributed by atoms with Gasteiger partial charge in [0.15, 0.2) is 0 Å². The van der Waals surface area contributed by atoms with E-state index < -0.39 is 6.09 Å². The molecule has 0 spiro atoms. The number of piperazine rings is 1. The number of nitrogens with zero attached hydrogens (tertiary/aromatic N) is 2. The van der Waals surface area contributed by atoms with Gasteiger partial charge in [-0.1, -0.05) is 29.3 Å². The molecule has 8 heteroatoms. The van der Waals surface area contributed by atoms with E-state index in [1.165, 1.54) is 0 Å². The van der Waals surface area contributed by atoms with Gasteiger partial charge in [0.2, 0.25) is 0 Å². The summed E-state index contributed by atoms with van der Waals surface area (Å²) in [6, 6.07) is 5.72. The van der Waals surface area contributed by atoms with Gasteiger partial charge in [-0.05, 0) is 31.5 Å². The number of hydrogen-bond donors (Lipinski definition) is 2. The first-order chi connectivity index (χ1) is 10.6. The molecule has 130 valence electrons. The van der Waals surface area contributed by atoms with Gasteiger partial charge in [0.1, 0.15) is 0 Å². The van der Waals surface area contributed by atoms with Crippen LogP contribution in [0.15, 0.2) is 18.2 Å². The average molecular weight is 383 g/mol. The molecule has 0 saturated carbocycles. The SMILES string of the molecule is Cl.O=C(O)NCCCCN1CCN(c2cccc(Cl)c2Cl)CC1. The number of benzene rings is 1. The molecule has 1 aromatic rings. The predicted molar refractivity (Wildman–Crippen MR) is 97.6 cm³/mol. The van der Waals surface area contributed by atoms with E-state index in [1.807, 2.05) is 12.1 Å². The standard InChI is InChI=1S/C15H21Cl2N3O2.ClH/c16-12-4-3-5-13(14(12)17)20-10-8-19(9-11-20)7-2-1-6-18-15(21)22;/h3-5,18H,1-2,6-11H2,(H,21,22);1H. The number of anilines is 1. The number of carboxylic acid groups (broad SMARTS) is 1. The Labute approximate surface area is 152 Å². The van der Waals surface area contributed by atoms with Crippen LogP contribution in [-0.2, 0) is 0 Å². The van der Waals surface area contributed by atoms with Gasteiger partial charge in [-0.2, -0.15) is 0 Å². The van der Waals surface area contributed by atoms with Crippen molar-refractivity contribution in [1.82, 2.24) is 10.2 Å². The van der Waals surface area contributed by atoms with E-state index in [0.717, 1.165) is 51.3 Å². The number of rotatable bonds is 6. The summed E-state index contributed by atoms with van der Waals surface area (Å²) in [6.45, 7) is 5.33. The van der Waals surface area contributed by atoms with E-state index in [1.54, 1.807) is 6.07 Å². The van der Waals surface area contributed by atoms with Crippen molar-refractivity contribution in [3.05, 3.63) is 28.2 Å². The number of nitrogens with one attached hydrogen (secondary N) is 1. The summed E-state index contributed by atoms with van der Waals surface area (Å²) in [5, 5.41) is 12.1. The first kappa shape index (κ1) is 20.2. The molecule has 1 heterocycles. The Hall–Kier alpha value is -0.880. The van der Waals surface area contributed by atoms with Crippen molar-refractivity contribution in [3.63, 3.8) is 0 Å². The highest BCUT2D eigenvalue weighted by Crippen LogP contribution is 2.32. The molecule has 1 amide bonds. The average Bonchev–Trinajstić information content (AvgIpc) is 2.50. The molecule has 0 atom stereocenters. The number of halogens is 3. The molecule has 0 bridgehead atoms. The Morgan fingerprint density at radius 2 is 1.87 bits per heavy atom. The molecule has 1 aromatic carbocycles.